The van der Waals surface area contributed by atoms with E-state index in [1.807, 2.05) is 50.0 Å². The van der Waals surface area contributed by atoms with Crippen LogP contribution in [0, 0.1) is 0 Å². The molecule has 1 saturated carbocycles. The van der Waals surface area contributed by atoms with Crippen LogP contribution in [-0.2, 0) is 4.74 Å². The van der Waals surface area contributed by atoms with Crippen molar-refractivity contribution in [3.05, 3.63) is 30.5 Å². The SMILES string of the molecule is COc1ccc(N2NNc3cnc(NC4CC(NC(=O)OC(C)(C)C)C4)nc32)cc1. The highest BCUT2D eigenvalue weighted by molar-refractivity contribution is 5.76. The molecule has 0 radical (unpaired) electrons. The number of hydrogen-bond donors (Lipinski definition) is 4. The number of aromatic nitrogens is 2. The van der Waals surface area contributed by atoms with Crippen molar-refractivity contribution in [2.45, 2.75) is 51.3 Å². The standard InChI is InChI=1S/C20H27N7O3/c1-20(2,3)30-19(28)23-13-9-12(10-13)22-18-21-11-16-17(24-18)27(26-25-16)14-5-7-15(29-4)8-6-14/h5-8,11-13,25-26H,9-10H2,1-4H3,(H,23,28)(H,21,22,24). The summed E-state index contributed by atoms with van der Waals surface area (Å²) in [7, 11) is 1.64. The summed E-state index contributed by atoms with van der Waals surface area (Å²) in [6, 6.07) is 7.95. The van der Waals surface area contributed by atoms with Gasteiger partial charge in [-0.25, -0.2) is 14.8 Å². The maximum absolute atomic E-state index is 11.9. The Morgan fingerprint density at radius 2 is 1.93 bits per heavy atom. The van der Waals surface area contributed by atoms with Gasteiger partial charge in [-0.15, -0.1) is 5.53 Å². The van der Waals surface area contributed by atoms with Gasteiger partial charge in [-0.2, -0.15) is 4.98 Å². The summed E-state index contributed by atoms with van der Waals surface area (Å²) in [5, 5.41) is 8.06. The summed E-state index contributed by atoms with van der Waals surface area (Å²) in [6.07, 6.45) is 2.93. The van der Waals surface area contributed by atoms with Crippen LogP contribution in [0.1, 0.15) is 33.6 Å². The molecule has 1 fully saturated rings. The lowest BCUT2D eigenvalue weighted by molar-refractivity contribution is 0.0475. The minimum atomic E-state index is -0.498. The highest BCUT2D eigenvalue weighted by Crippen LogP contribution is 2.34. The number of nitrogens with one attached hydrogen (secondary N) is 4. The number of hydrazine groups is 2. The fourth-order valence-corrected chi connectivity index (χ4v) is 3.30. The highest BCUT2D eigenvalue weighted by atomic mass is 16.6. The maximum atomic E-state index is 11.9. The van der Waals surface area contributed by atoms with Crippen molar-refractivity contribution in [3.8, 4) is 5.75 Å². The van der Waals surface area contributed by atoms with Gasteiger partial charge in [0.1, 0.15) is 17.0 Å². The fourth-order valence-electron chi connectivity index (χ4n) is 3.30. The van der Waals surface area contributed by atoms with Crippen molar-refractivity contribution in [1.29, 1.82) is 0 Å². The van der Waals surface area contributed by atoms with Gasteiger partial charge >= 0.3 is 6.09 Å². The van der Waals surface area contributed by atoms with Crippen LogP contribution in [0.4, 0.5) is 27.9 Å². The molecule has 0 atom stereocenters. The first-order valence-electron chi connectivity index (χ1n) is 9.89. The van der Waals surface area contributed by atoms with E-state index < -0.39 is 5.60 Å². The van der Waals surface area contributed by atoms with E-state index in [0.717, 1.165) is 35.8 Å². The van der Waals surface area contributed by atoms with E-state index in [-0.39, 0.29) is 18.2 Å². The normalized spacial score (nSPS) is 19.9. The third kappa shape index (κ3) is 4.48. The first-order valence-corrected chi connectivity index (χ1v) is 9.89. The zero-order valence-corrected chi connectivity index (χ0v) is 17.5. The number of hydrogen-bond acceptors (Lipinski definition) is 9. The summed E-state index contributed by atoms with van der Waals surface area (Å²) in [5.74, 6) is 2.05. The predicted molar refractivity (Wildman–Crippen MR) is 114 cm³/mol. The molecule has 1 aromatic heterocycles. The predicted octanol–water partition coefficient (Wildman–Crippen LogP) is 2.94. The Kier molecular flexibility index (Phi) is 5.25. The summed E-state index contributed by atoms with van der Waals surface area (Å²) in [5.41, 5.74) is 7.35. The largest absolute Gasteiger partial charge is 0.497 e. The lowest BCUT2D eigenvalue weighted by Gasteiger charge is -2.36. The van der Waals surface area contributed by atoms with Gasteiger partial charge in [-0.1, -0.05) is 0 Å². The monoisotopic (exact) mass is 413 g/mol. The van der Waals surface area contributed by atoms with Crippen LogP contribution >= 0.6 is 0 Å². The van der Waals surface area contributed by atoms with E-state index in [2.05, 4.69) is 31.6 Å². The van der Waals surface area contributed by atoms with Gasteiger partial charge < -0.3 is 20.1 Å². The van der Waals surface area contributed by atoms with E-state index in [4.69, 9.17) is 9.47 Å². The molecule has 1 aliphatic heterocycles. The molecule has 30 heavy (non-hydrogen) atoms. The molecule has 1 aromatic carbocycles. The Morgan fingerprint density at radius 3 is 2.60 bits per heavy atom. The second kappa shape index (κ2) is 7.86. The molecule has 2 aliphatic rings. The van der Waals surface area contributed by atoms with Crippen LogP contribution in [0.15, 0.2) is 30.5 Å². The van der Waals surface area contributed by atoms with E-state index in [1.165, 1.54) is 0 Å². The number of anilines is 4. The molecule has 2 aromatic rings. The van der Waals surface area contributed by atoms with Crippen molar-refractivity contribution >= 4 is 29.2 Å². The van der Waals surface area contributed by atoms with Crippen LogP contribution in [0.25, 0.3) is 0 Å². The number of carbonyl (C=O) groups excluding carboxylic acids is 1. The lowest BCUT2D eigenvalue weighted by atomic mass is 9.87. The molecule has 10 heteroatoms. The van der Waals surface area contributed by atoms with Crippen molar-refractivity contribution in [2.75, 3.05) is 22.9 Å². The number of ether oxygens (including phenoxy) is 2. The van der Waals surface area contributed by atoms with Gasteiger partial charge in [0, 0.05) is 12.1 Å². The highest BCUT2D eigenvalue weighted by Gasteiger charge is 2.32. The number of benzene rings is 1. The van der Waals surface area contributed by atoms with E-state index in [1.54, 1.807) is 13.3 Å². The van der Waals surface area contributed by atoms with Gasteiger partial charge in [0.2, 0.25) is 5.95 Å². The summed E-state index contributed by atoms with van der Waals surface area (Å²) in [6.45, 7) is 5.55. The van der Waals surface area contributed by atoms with Crippen molar-refractivity contribution in [1.82, 2.24) is 20.8 Å². The number of alkyl carbamates (subject to hydrolysis) is 1. The molecule has 4 rings (SSSR count). The molecule has 1 aliphatic carbocycles. The Labute approximate surface area is 175 Å². The van der Waals surface area contributed by atoms with Gasteiger partial charge in [0.05, 0.1) is 19.0 Å². The lowest BCUT2D eigenvalue weighted by Crippen LogP contribution is -2.50. The number of methoxy groups -OCH3 is 1. The van der Waals surface area contributed by atoms with E-state index in [9.17, 15) is 4.79 Å². The minimum Gasteiger partial charge on any atom is -0.497 e. The number of rotatable bonds is 5. The number of carbonyl (C=O) groups is 1. The van der Waals surface area contributed by atoms with Gasteiger partial charge in [-0.3, -0.25) is 5.43 Å². The van der Waals surface area contributed by atoms with Gasteiger partial charge in [-0.05, 0) is 57.9 Å². The summed E-state index contributed by atoms with van der Waals surface area (Å²) in [4.78, 5) is 20.9. The molecule has 1 amide bonds. The molecule has 0 spiro atoms. The van der Waals surface area contributed by atoms with Crippen LogP contribution in [0.3, 0.4) is 0 Å². The molecule has 2 heterocycles. The summed E-state index contributed by atoms with van der Waals surface area (Å²) >= 11 is 0. The zero-order valence-electron chi connectivity index (χ0n) is 17.5. The van der Waals surface area contributed by atoms with E-state index >= 15 is 0 Å². The zero-order chi connectivity index (χ0) is 21.3. The molecule has 0 unspecified atom stereocenters. The molecule has 0 saturated heterocycles. The third-order valence-corrected chi connectivity index (χ3v) is 4.81. The Bertz CT molecular complexity index is 908. The van der Waals surface area contributed by atoms with Crippen molar-refractivity contribution < 1.29 is 14.3 Å². The van der Waals surface area contributed by atoms with Gasteiger partial charge in [0.15, 0.2) is 5.82 Å². The Hall–Kier alpha value is -3.27. The quantitative estimate of drug-likeness (QED) is 0.588. The molecular formula is C20H27N7O3. The van der Waals surface area contributed by atoms with Crippen LogP contribution in [0.2, 0.25) is 0 Å². The Balaban J connectivity index is 1.34. The van der Waals surface area contributed by atoms with Crippen LogP contribution in [-0.4, -0.2) is 40.9 Å². The van der Waals surface area contributed by atoms with Crippen molar-refractivity contribution in [2.24, 2.45) is 0 Å². The van der Waals surface area contributed by atoms with Crippen LogP contribution < -0.4 is 31.3 Å². The number of amides is 1. The smallest absolute Gasteiger partial charge is 0.407 e. The average molecular weight is 413 g/mol. The van der Waals surface area contributed by atoms with Crippen molar-refractivity contribution in [3.63, 3.8) is 0 Å². The topological polar surface area (TPSA) is 113 Å². The Morgan fingerprint density at radius 1 is 1.20 bits per heavy atom. The minimum absolute atomic E-state index is 0.0888. The molecular weight excluding hydrogens is 386 g/mol. The molecule has 160 valence electrons. The molecule has 0 bridgehead atoms. The second-order valence-corrected chi connectivity index (χ2v) is 8.36. The third-order valence-electron chi connectivity index (χ3n) is 4.81. The number of fused-ring (bicyclic) bond motifs is 1. The van der Waals surface area contributed by atoms with E-state index in [0.29, 0.717) is 5.95 Å². The fraction of sp³-hybridized carbons (Fsp3) is 0.450. The number of nitrogens with zero attached hydrogens (tertiary/aromatic N) is 3. The molecule has 10 nitrogen and oxygen atoms in total. The average Bonchev–Trinajstić information content (AvgIpc) is 3.08. The van der Waals surface area contributed by atoms with Crippen LogP contribution in [0.5, 0.6) is 5.75 Å². The second-order valence-electron chi connectivity index (χ2n) is 8.36. The molecule has 4 N–H and O–H groups in total. The first-order chi connectivity index (χ1) is 14.3. The first kappa shape index (κ1) is 20.0. The summed E-state index contributed by atoms with van der Waals surface area (Å²) < 4.78 is 10.5. The van der Waals surface area contributed by atoms with Gasteiger partial charge in [0.25, 0.3) is 0 Å². The maximum Gasteiger partial charge on any atom is 0.407 e.